The summed E-state index contributed by atoms with van der Waals surface area (Å²) in [5.74, 6) is 2.64. The van der Waals surface area contributed by atoms with Gasteiger partial charge < -0.3 is 9.80 Å². The van der Waals surface area contributed by atoms with E-state index in [4.69, 9.17) is 0 Å². The summed E-state index contributed by atoms with van der Waals surface area (Å²) >= 11 is 0. The average Bonchev–Trinajstić information content (AvgIpc) is 3.25. The highest BCUT2D eigenvalue weighted by molar-refractivity contribution is 5.77. The Hall–Kier alpha value is -2.11. The van der Waals surface area contributed by atoms with Crippen molar-refractivity contribution in [3.05, 3.63) is 34.4 Å². The zero-order chi connectivity index (χ0) is 17.4. The number of hydrogen-bond acceptors (Lipinski definition) is 4. The van der Waals surface area contributed by atoms with Gasteiger partial charge in [-0.05, 0) is 49.1 Å². The summed E-state index contributed by atoms with van der Waals surface area (Å²) in [5, 5.41) is 10.7. The Kier molecular flexibility index (Phi) is 4.36. The number of piperazine rings is 1. The third kappa shape index (κ3) is 3.34. The Labute approximate surface area is 147 Å². The molecular formula is C19H25N3O3. The van der Waals surface area contributed by atoms with Crippen LogP contribution in [0.5, 0.6) is 0 Å². The Morgan fingerprint density at radius 1 is 1.08 bits per heavy atom. The number of nitrogens with zero attached hydrogens (tertiary/aromatic N) is 3. The normalized spacial score (nSPS) is 28.4. The first-order valence-electron chi connectivity index (χ1n) is 9.37. The van der Waals surface area contributed by atoms with Crippen molar-refractivity contribution in [1.29, 1.82) is 0 Å². The lowest BCUT2D eigenvalue weighted by molar-refractivity contribution is -0.384. The summed E-state index contributed by atoms with van der Waals surface area (Å²) < 4.78 is 0. The van der Waals surface area contributed by atoms with Gasteiger partial charge in [0.25, 0.3) is 5.69 Å². The molecule has 4 rings (SSSR count). The summed E-state index contributed by atoms with van der Waals surface area (Å²) in [6.45, 7) is 3.08. The van der Waals surface area contributed by atoms with Gasteiger partial charge in [0.2, 0.25) is 5.91 Å². The Morgan fingerprint density at radius 3 is 2.36 bits per heavy atom. The summed E-state index contributed by atoms with van der Waals surface area (Å²) in [6.07, 6.45) is 6.06. The molecule has 3 aliphatic rings. The van der Waals surface area contributed by atoms with Crippen LogP contribution in [0.3, 0.4) is 0 Å². The molecule has 1 heterocycles. The molecule has 1 aromatic rings. The number of carbonyl (C=O) groups is 1. The average molecular weight is 343 g/mol. The van der Waals surface area contributed by atoms with E-state index in [0.29, 0.717) is 11.8 Å². The fraction of sp³-hybridized carbons (Fsp3) is 0.632. The van der Waals surface area contributed by atoms with Crippen LogP contribution in [0.25, 0.3) is 0 Å². The van der Waals surface area contributed by atoms with Crippen LogP contribution in [-0.4, -0.2) is 41.9 Å². The van der Waals surface area contributed by atoms with E-state index in [9.17, 15) is 14.9 Å². The summed E-state index contributed by atoms with van der Waals surface area (Å²) in [4.78, 5) is 27.2. The minimum absolute atomic E-state index is 0.114. The van der Waals surface area contributed by atoms with Gasteiger partial charge in [-0.1, -0.05) is 6.42 Å². The van der Waals surface area contributed by atoms with Gasteiger partial charge in [-0.2, -0.15) is 0 Å². The fourth-order valence-corrected chi connectivity index (χ4v) is 4.98. The van der Waals surface area contributed by atoms with Crippen molar-refractivity contribution in [2.45, 2.75) is 32.1 Å². The highest BCUT2D eigenvalue weighted by atomic mass is 16.6. The number of fused-ring (bicyclic) bond motifs is 2. The van der Waals surface area contributed by atoms with E-state index in [1.165, 1.54) is 25.7 Å². The van der Waals surface area contributed by atoms with E-state index in [0.717, 1.165) is 50.1 Å². The molecule has 2 bridgehead atoms. The lowest BCUT2D eigenvalue weighted by Crippen LogP contribution is -2.49. The van der Waals surface area contributed by atoms with Crippen molar-refractivity contribution in [3.8, 4) is 0 Å². The van der Waals surface area contributed by atoms with Crippen LogP contribution in [0, 0.1) is 27.9 Å². The molecule has 0 spiro atoms. The largest absolute Gasteiger partial charge is 0.368 e. The van der Waals surface area contributed by atoms with Crippen LogP contribution in [-0.2, 0) is 4.79 Å². The van der Waals surface area contributed by atoms with Crippen LogP contribution in [0.1, 0.15) is 32.1 Å². The number of amides is 1. The molecule has 1 aromatic carbocycles. The van der Waals surface area contributed by atoms with Crippen molar-refractivity contribution < 1.29 is 9.72 Å². The lowest BCUT2D eigenvalue weighted by atomic mass is 9.86. The maximum atomic E-state index is 12.6. The van der Waals surface area contributed by atoms with E-state index in [1.807, 2.05) is 4.90 Å². The third-order valence-corrected chi connectivity index (χ3v) is 6.38. The number of hydrogen-bond donors (Lipinski definition) is 0. The summed E-state index contributed by atoms with van der Waals surface area (Å²) in [6, 6.07) is 6.68. The maximum Gasteiger partial charge on any atom is 0.269 e. The van der Waals surface area contributed by atoms with E-state index < -0.39 is 0 Å². The Bertz CT molecular complexity index is 652. The Balaban J connectivity index is 1.29. The molecule has 3 atom stereocenters. The molecule has 0 unspecified atom stereocenters. The number of nitro groups is 1. The number of anilines is 1. The number of nitro benzene ring substituents is 1. The Morgan fingerprint density at radius 2 is 1.80 bits per heavy atom. The molecular weight excluding hydrogens is 318 g/mol. The SMILES string of the molecule is O=C(C[C@@H]1C[C@H]2CC[C@@H]1C2)N1CCN(c2ccc([N+](=O)[O-])cc2)CC1. The second-order valence-corrected chi connectivity index (χ2v) is 7.78. The number of carbonyl (C=O) groups excluding carboxylic acids is 1. The zero-order valence-corrected chi connectivity index (χ0v) is 14.5. The smallest absolute Gasteiger partial charge is 0.269 e. The molecule has 0 aromatic heterocycles. The molecule has 1 saturated heterocycles. The minimum Gasteiger partial charge on any atom is -0.368 e. The van der Waals surface area contributed by atoms with Gasteiger partial charge in [-0.3, -0.25) is 14.9 Å². The van der Waals surface area contributed by atoms with Crippen molar-refractivity contribution in [2.24, 2.45) is 17.8 Å². The predicted molar refractivity (Wildman–Crippen MR) is 95.4 cm³/mol. The molecule has 25 heavy (non-hydrogen) atoms. The maximum absolute atomic E-state index is 12.6. The minimum atomic E-state index is -0.379. The standard InChI is InChI=1S/C19H25N3O3/c23-19(13-16-12-14-1-2-15(16)11-14)21-9-7-20(8-10-21)17-3-5-18(6-4-17)22(24)25/h3-6,14-16H,1-2,7-13H2/t14-,15+,16-/m0/s1. The first-order chi connectivity index (χ1) is 12.1. The van der Waals surface area contributed by atoms with Crippen molar-refractivity contribution >= 4 is 17.3 Å². The molecule has 1 amide bonds. The van der Waals surface area contributed by atoms with Crippen molar-refractivity contribution in [2.75, 3.05) is 31.1 Å². The van der Waals surface area contributed by atoms with E-state index >= 15 is 0 Å². The first kappa shape index (κ1) is 16.4. The van der Waals surface area contributed by atoms with E-state index in [1.54, 1.807) is 24.3 Å². The van der Waals surface area contributed by atoms with Crippen molar-refractivity contribution in [3.63, 3.8) is 0 Å². The predicted octanol–water partition coefficient (Wildman–Crippen LogP) is 3.07. The fourth-order valence-electron chi connectivity index (χ4n) is 4.98. The molecule has 3 fully saturated rings. The van der Waals surface area contributed by atoms with Gasteiger partial charge in [0.15, 0.2) is 0 Å². The molecule has 0 N–H and O–H groups in total. The number of non-ortho nitro benzene ring substituents is 1. The third-order valence-electron chi connectivity index (χ3n) is 6.38. The molecule has 1 aliphatic heterocycles. The molecule has 6 nitrogen and oxygen atoms in total. The van der Waals surface area contributed by atoms with Crippen molar-refractivity contribution in [1.82, 2.24) is 4.90 Å². The van der Waals surface area contributed by atoms with Crippen LogP contribution >= 0.6 is 0 Å². The van der Waals surface area contributed by atoms with Crippen LogP contribution < -0.4 is 4.90 Å². The van der Waals surface area contributed by atoms with Crippen LogP contribution in [0.15, 0.2) is 24.3 Å². The highest BCUT2D eigenvalue weighted by Crippen LogP contribution is 2.49. The van der Waals surface area contributed by atoms with Gasteiger partial charge in [0.05, 0.1) is 4.92 Å². The monoisotopic (exact) mass is 343 g/mol. The summed E-state index contributed by atoms with van der Waals surface area (Å²) in [7, 11) is 0. The molecule has 2 aliphatic carbocycles. The van der Waals surface area contributed by atoms with Gasteiger partial charge in [-0.25, -0.2) is 0 Å². The van der Waals surface area contributed by atoms with Gasteiger partial charge >= 0.3 is 0 Å². The highest BCUT2D eigenvalue weighted by Gasteiger charge is 2.40. The zero-order valence-electron chi connectivity index (χ0n) is 14.5. The van der Waals surface area contributed by atoms with Gasteiger partial charge in [0, 0.05) is 50.4 Å². The van der Waals surface area contributed by atoms with Gasteiger partial charge in [-0.15, -0.1) is 0 Å². The number of rotatable bonds is 4. The van der Waals surface area contributed by atoms with Gasteiger partial charge in [0.1, 0.15) is 0 Å². The van der Waals surface area contributed by atoms with Crippen LogP contribution in [0.4, 0.5) is 11.4 Å². The summed E-state index contributed by atoms with van der Waals surface area (Å²) in [5.41, 5.74) is 1.11. The first-order valence-corrected chi connectivity index (χ1v) is 9.37. The molecule has 2 saturated carbocycles. The second-order valence-electron chi connectivity index (χ2n) is 7.78. The van der Waals surface area contributed by atoms with E-state index in [-0.39, 0.29) is 10.6 Å². The quantitative estimate of drug-likeness (QED) is 0.622. The van der Waals surface area contributed by atoms with E-state index in [2.05, 4.69) is 4.90 Å². The molecule has 134 valence electrons. The van der Waals surface area contributed by atoms with Crippen LogP contribution in [0.2, 0.25) is 0 Å². The molecule has 0 radical (unpaired) electrons. The second kappa shape index (κ2) is 6.65. The molecule has 6 heteroatoms. The lowest BCUT2D eigenvalue weighted by Gasteiger charge is -2.37. The number of benzene rings is 1. The topological polar surface area (TPSA) is 66.7 Å².